The van der Waals surface area contributed by atoms with Gasteiger partial charge in [-0.05, 0) is 80.5 Å². The molecule has 0 spiro atoms. The Kier molecular flexibility index (Phi) is 7.03. The minimum Gasteiger partial charge on any atom is -0.393 e. The summed E-state index contributed by atoms with van der Waals surface area (Å²) in [4.78, 5) is 0. The number of hydrogen-bond acceptors (Lipinski definition) is 7. The van der Waals surface area contributed by atoms with Crippen LogP contribution in [0.4, 0.5) is 0 Å². The molecule has 0 saturated heterocycles. The lowest BCUT2D eigenvalue weighted by atomic mass is 9.42. The summed E-state index contributed by atoms with van der Waals surface area (Å²) in [6, 6.07) is 0. The molecule has 34 heavy (non-hydrogen) atoms. The lowest BCUT2D eigenvalue weighted by Gasteiger charge is -2.65. The van der Waals surface area contributed by atoms with Gasteiger partial charge in [-0.25, -0.2) is 0 Å². The summed E-state index contributed by atoms with van der Waals surface area (Å²) in [6.07, 6.45) is 2.28. The summed E-state index contributed by atoms with van der Waals surface area (Å²) in [7, 11) is 0. The zero-order valence-electron chi connectivity index (χ0n) is 21.4. The van der Waals surface area contributed by atoms with Crippen LogP contribution in [0, 0.1) is 40.4 Å². The summed E-state index contributed by atoms with van der Waals surface area (Å²) in [5.74, 6) is 0.0217. The SMILES string of the molecule is C[C@H](CCC[C@@](C)(O)CO)[C@H]1[C@@H](O)[C@H](O)[C@@H]2[C@@H]3C[C@@H](O)[C@@]4(O)C[C@@H](O)CC[C@]4(C)[C@H]3CC[C@@]21C. The van der Waals surface area contributed by atoms with E-state index in [1.807, 2.05) is 0 Å². The maximum absolute atomic E-state index is 11.6. The fourth-order valence-electron chi connectivity index (χ4n) is 9.44. The average molecular weight is 485 g/mol. The topological polar surface area (TPSA) is 142 Å². The molecule has 4 aliphatic rings. The van der Waals surface area contributed by atoms with E-state index in [1.165, 1.54) is 0 Å². The van der Waals surface area contributed by atoms with Crippen LogP contribution in [0.15, 0.2) is 0 Å². The largest absolute Gasteiger partial charge is 0.393 e. The van der Waals surface area contributed by atoms with Crippen molar-refractivity contribution in [3.8, 4) is 0 Å². The monoisotopic (exact) mass is 484 g/mol. The Labute approximate surface area is 204 Å². The molecule has 0 aromatic carbocycles. The first-order chi connectivity index (χ1) is 15.7. The van der Waals surface area contributed by atoms with Crippen molar-refractivity contribution in [3.05, 3.63) is 0 Å². The Balaban J connectivity index is 1.57. The number of rotatable bonds is 6. The van der Waals surface area contributed by atoms with Gasteiger partial charge in [-0.2, -0.15) is 0 Å². The second-order valence-electron chi connectivity index (χ2n) is 13.4. The lowest BCUT2D eigenvalue weighted by Crippen LogP contribution is -2.69. The van der Waals surface area contributed by atoms with E-state index < -0.39 is 41.0 Å². The molecule has 0 amide bonds. The van der Waals surface area contributed by atoms with Crippen molar-refractivity contribution in [1.29, 1.82) is 0 Å². The zero-order valence-corrected chi connectivity index (χ0v) is 21.4. The van der Waals surface area contributed by atoms with Gasteiger partial charge in [0.2, 0.25) is 0 Å². The van der Waals surface area contributed by atoms with Gasteiger partial charge in [0, 0.05) is 11.8 Å². The molecule has 4 fully saturated rings. The molecule has 0 aromatic rings. The van der Waals surface area contributed by atoms with Crippen molar-refractivity contribution in [2.24, 2.45) is 40.4 Å². The molecule has 4 aliphatic carbocycles. The van der Waals surface area contributed by atoms with Gasteiger partial charge in [-0.1, -0.05) is 33.6 Å². The molecule has 0 radical (unpaired) electrons. The summed E-state index contributed by atoms with van der Waals surface area (Å²) in [5.41, 5.74) is -3.23. The highest BCUT2D eigenvalue weighted by atomic mass is 16.4. The fourth-order valence-corrected chi connectivity index (χ4v) is 9.44. The van der Waals surface area contributed by atoms with Crippen LogP contribution < -0.4 is 0 Å². The zero-order chi connectivity index (χ0) is 25.3. The van der Waals surface area contributed by atoms with E-state index in [9.17, 15) is 35.7 Å². The number of aliphatic hydroxyl groups excluding tert-OH is 5. The van der Waals surface area contributed by atoms with Gasteiger partial charge in [0.15, 0.2) is 0 Å². The van der Waals surface area contributed by atoms with Gasteiger partial charge in [-0.15, -0.1) is 0 Å². The third kappa shape index (κ3) is 3.89. The molecule has 0 aromatic heterocycles. The van der Waals surface area contributed by atoms with E-state index >= 15 is 0 Å². The molecule has 0 unspecified atom stereocenters. The lowest BCUT2D eigenvalue weighted by molar-refractivity contribution is -0.268. The quantitative estimate of drug-likeness (QED) is 0.303. The Hall–Kier alpha value is -0.280. The smallest absolute Gasteiger partial charge is 0.0985 e. The maximum Gasteiger partial charge on any atom is 0.0985 e. The van der Waals surface area contributed by atoms with Gasteiger partial charge >= 0.3 is 0 Å². The molecule has 7 nitrogen and oxygen atoms in total. The van der Waals surface area contributed by atoms with Crippen LogP contribution >= 0.6 is 0 Å². The average Bonchev–Trinajstić information content (AvgIpc) is 2.96. The van der Waals surface area contributed by atoms with Crippen molar-refractivity contribution in [2.45, 2.75) is 121 Å². The Bertz CT molecular complexity index is 744. The first-order valence-corrected chi connectivity index (χ1v) is 13.5. The number of hydrogen-bond donors (Lipinski definition) is 7. The maximum atomic E-state index is 11.6. The number of aliphatic hydroxyl groups is 7. The van der Waals surface area contributed by atoms with E-state index in [4.69, 9.17) is 0 Å². The molecule has 4 rings (SSSR count). The minimum absolute atomic E-state index is 0.00578. The van der Waals surface area contributed by atoms with E-state index in [2.05, 4.69) is 20.8 Å². The van der Waals surface area contributed by atoms with E-state index in [-0.39, 0.29) is 48.0 Å². The van der Waals surface area contributed by atoms with Gasteiger partial charge in [0.1, 0.15) is 0 Å². The molecular formula is C27H48O7. The molecule has 7 heteroatoms. The predicted octanol–water partition coefficient (Wildman–Crippen LogP) is 1.58. The van der Waals surface area contributed by atoms with Crippen LogP contribution in [0.5, 0.6) is 0 Å². The van der Waals surface area contributed by atoms with Crippen LogP contribution in [0.2, 0.25) is 0 Å². The van der Waals surface area contributed by atoms with Crippen molar-refractivity contribution < 1.29 is 35.7 Å². The van der Waals surface area contributed by atoms with Crippen LogP contribution in [0.3, 0.4) is 0 Å². The molecular weight excluding hydrogens is 436 g/mol. The van der Waals surface area contributed by atoms with Crippen molar-refractivity contribution in [3.63, 3.8) is 0 Å². The summed E-state index contributed by atoms with van der Waals surface area (Å²) < 4.78 is 0. The van der Waals surface area contributed by atoms with E-state index in [0.717, 1.165) is 25.7 Å². The molecule has 13 atom stereocenters. The molecule has 7 N–H and O–H groups in total. The second kappa shape index (κ2) is 8.93. The van der Waals surface area contributed by atoms with Gasteiger partial charge < -0.3 is 35.7 Å². The van der Waals surface area contributed by atoms with Gasteiger partial charge in [0.25, 0.3) is 0 Å². The minimum atomic E-state index is -1.32. The van der Waals surface area contributed by atoms with Gasteiger partial charge in [-0.3, -0.25) is 0 Å². The Morgan fingerprint density at radius 1 is 1.03 bits per heavy atom. The predicted molar refractivity (Wildman–Crippen MR) is 128 cm³/mol. The van der Waals surface area contributed by atoms with Crippen molar-refractivity contribution in [2.75, 3.05) is 6.61 Å². The first-order valence-electron chi connectivity index (χ1n) is 13.5. The third-order valence-corrected chi connectivity index (χ3v) is 11.3. The standard InChI is InChI=1S/C27H48O7/c1-15(6-5-9-24(2,33)14-28)20-22(31)23(32)21-17-12-19(30)27(34)13-16(29)7-11-26(27,4)18(17)8-10-25(20,21)3/h15-23,28-34H,5-14H2,1-4H3/t15-,16+,17-,18+,19-,20+,21+,22-,23-,24-,25-,26-,27+/m1/s1. The van der Waals surface area contributed by atoms with Gasteiger partial charge in [0.05, 0.1) is 42.2 Å². The highest BCUT2D eigenvalue weighted by molar-refractivity contribution is 5.19. The summed E-state index contributed by atoms with van der Waals surface area (Å²) in [5, 5.41) is 75.2. The van der Waals surface area contributed by atoms with Crippen molar-refractivity contribution in [1.82, 2.24) is 0 Å². The van der Waals surface area contributed by atoms with Crippen LogP contribution in [-0.4, -0.2) is 78.0 Å². The highest BCUT2D eigenvalue weighted by Gasteiger charge is 2.70. The fraction of sp³-hybridized carbons (Fsp3) is 1.00. The first kappa shape index (κ1) is 26.8. The van der Waals surface area contributed by atoms with Crippen molar-refractivity contribution >= 4 is 0 Å². The molecule has 0 heterocycles. The Morgan fingerprint density at radius 2 is 1.71 bits per heavy atom. The van der Waals surface area contributed by atoms with E-state index in [0.29, 0.717) is 25.7 Å². The molecule has 0 bridgehead atoms. The molecule has 198 valence electrons. The third-order valence-electron chi connectivity index (χ3n) is 11.3. The van der Waals surface area contributed by atoms with Crippen LogP contribution in [0.1, 0.15) is 85.5 Å². The number of fused-ring (bicyclic) bond motifs is 5. The molecule has 4 saturated carbocycles. The second-order valence-corrected chi connectivity index (χ2v) is 13.4. The highest BCUT2D eigenvalue weighted by Crippen LogP contribution is 2.69. The normalized spacial score (nSPS) is 53.4. The van der Waals surface area contributed by atoms with Crippen LogP contribution in [0.25, 0.3) is 0 Å². The Morgan fingerprint density at radius 3 is 2.35 bits per heavy atom. The van der Waals surface area contributed by atoms with Crippen LogP contribution in [-0.2, 0) is 0 Å². The summed E-state index contributed by atoms with van der Waals surface area (Å²) in [6.45, 7) is 7.72. The van der Waals surface area contributed by atoms with E-state index in [1.54, 1.807) is 6.92 Å². The summed E-state index contributed by atoms with van der Waals surface area (Å²) >= 11 is 0. The molecule has 0 aliphatic heterocycles.